The van der Waals surface area contributed by atoms with Crippen LogP contribution in [0.15, 0.2) is 24.3 Å². The van der Waals surface area contributed by atoms with Gasteiger partial charge in [-0.3, -0.25) is 0 Å². The van der Waals surface area contributed by atoms with Crippen LogP contribution in [-0.2, 0) is 14.2 Å². The van der Waals surface area contributed by atoms with Gasteiger partial charge in [-0.25, -0.2) is 0 Å². The van der Waals surface area contributed by atoms with Crippen molar-refractivity contribution in [3.05, 3.63) is 29.8 Å². The minimum absolute atomic E-state index is 0.0157. The Balaban J connectivity index is 1.78. The SMILES string of the molecule is CC(c1ccc(O)cc1)C(N)C12OCC(C)(CO1)CO2. The maximum absolute atomic E-state index is 9.35. The summed E-state index contributed by atoms with van der Waals surface area (Å²) in [4.78, 5) is 0. The van der Waals surface area contributed by atoms with E-state index >= 15 is 0 Å². The molecule has 0 aliphatic carbocycles. The molecule has 1 aromatic rings. The third-order valence-corrected chi connectivity index (χ3v) is 4.23. The highest BCUT2D eigenvalue weighted by Gasteiger charge is 2.55. The third-order valence-electron chi connectivity index (χ3n) is 4.23. The molecule has 0 aromatic heterocycles. The lowest BCUT2D eigenvalue weighted by atomic mass is 9.87. The molecule has 2 bridgehead atoms. The molecule has 0 saturated carbocycles. The second-order valence-corrected chi connectivity index (χ2v) is 6.19. The van der Waals surface area contributed by atoms with Crippen molar-refractivity contribution in [1.82, 2.24) is 0 Å². The van der Waals surface area contributed by atoms with E-state index in [0.717, 1.165) is 5.56 Å². The summed E-state index contributed by atoms with van der Waals surface area (Å²) in [5.41, 5.74) is 7.28. The number of fused-ring (bicyclic) bond motifs is 3. The largest absolute Gasteiger partial charge is 0.508 e. The molecule has 1 aromatic carbocycles. The van der Waals surface area contributed by atoms with Crippen LogP contribution in [0.3, 0.4) is 0 Å². The highest BCUT2D eigenvalue weighted by atomic mass is 16.9. The monoisotopic (exact) mass is 279 g/mol. The topological polar surface area (TPSA) is 73.9 Å². The highest BCUT2D eigenvalue weighted by molar-refractivity contribution is 5.29. The zero-order chi connectivity index (χ0) is 14.4. The van der Waals surface area contributed by atoms with Crippen LogP contribution in [0.4, 0.5) is 0 Å². The molecule has 110 valence electrons. The van der Waals surface area contributed by atoms with Crippen molar-refractivity contribution in [3.8, 4) is 5.75 Å². The molecule has 5 nitrogen and oxygen atoms in total. The lowest BCUT2D eigenvalue weighted by Crippen LogP contribution is -2.67. The molecular formula is C15H21NO4. The van der Waals surface area contributed by atoms with Crippen LogP contribution in [-0.4, -0.2) is 36.9 Å². The summed E-state index contributed by atoms with van der Waals surface area (Å²) in [6.45, 7) is 5.88. The molecule has 0 radical (unpaired) electrons. The first-order valence-corrected chi connectivity index (χ1v) is 6.91. The lowest BCUT2D eigenvalue weighted by molar-refractivity contribution is -0.473. The van der Waals surface area contributed by atoms with E-state index in [1.165, 1.54) is 0 Å². The molecule has 3 fully saturated rings. The molecule has 3 heterocycles. The van der Waals surface area contributed by atoms with Gasteiger partial charge in [0.2, 0.25) is 0 Å². The maximum atomic E-state index is 9.35. The summed E-state index contributed by atoms with van der Waals surface area (Å²) in [6.07, 6.45) is 0. The number of nitrogens with two attached hydrogens (primary N) is 1. The standard InChI is InChI=1S/C15H21NO4/c1-10(11-3-5-12(17)6-4-11)13(16)15-18-7-14(2,8-19-15)9-20-15/h3-6,10,13,17H,7-9,16H2,1-2H3. The van der Waals surface area contributed by atoms with Crippen LogP contribution in [0.25, 0.3) is 0 Å². The molecule has 20 heavy (non-hydrogen) atoms. The fourth-order valence-electron chi connectivity index (χ4n) is 2.65. The first-order valence-electron chi connectivity index (χ1n) is 6.91. The number of aromatic hydroxyl groups is 1. The average molecular weight is 279 g/mol. The quantitative estimate of drug-likeness (QED) is 0.878. The Bertz CT molecular complexity index is 463. The van der Waals surface area contributed by atoms with E-state index in [9.17, 15) is 5.11 Å². The van der Waals surface area contributed by atoms with Gasteiger partial charge in [0.1, 0.15) is 5.75 Å². The van der Waals surface area contributed by atoms with E-state index in [1.54, 1.807) is 12.1 Å². The lowest BCUT2D eigenvalue weighted by Gasteiger charge is -2.53. The van der Waals surface area contributed by atoms with Crippen molar-refractivity contribution >= 4 is 0 Å². The Morgan fingerprint density at radius 1 is 1.10 bits per heavy atom. The Labute approximate surface area is 118 Å². The smallest absolute Gasteiger partial charge is 0.299 e. The fraction of sp³-hybridized carbons (Fsp3) is 0.600. The second kappa shape index (κ2) is 4.70. The molecule has 0 amide bonds. The molecule has 3 N–H and O–H groups in total. The predicted octanol–water partition coefficient (Wildman–Crippen LogP) is 1.56. The molecule has 3 aliphatic rings. The van der Waals surface area contributed by atoms with Gasteiger partial charge < -0.3 is 25.1 Å². The van der Waals surface area contributed by atoms with Gasteiger partial charge in [0.15, 0.2) is 0 Å². The van der Waals surface area contributed by atoms with Gasteiger partial charge in [-0.2, -0.15) is 0 Å². The molecule has 3 aliphatic heterocycles. The van der Waals surface area contributed by atoms with Gasteiger partial charge in [-0.05, 0) is 17.7 Å². The highest BCUT2D eigenvalue weighted by Crippen LogP contribution is 2.42. The number of ether oxygens (including phenoxy) is 3. The molecule has 2 unspecified atom stereocenters. The van der Waals surface area contributed by atoms with Gasteiger partial charge in [-0.15, -0.1) is 0 Å². The van der Waals surface area contributed by atoms with Crippen molar-refractivity contribution in [2.45, 2.75) is 31.8 Å². The van der Waals surface area contributed by atoms with Gasteiger partial charge in [0.25, 0.3) is 5.97 Å². The summed E-state index contributed by atoms with van der Waals surface area (Å²) in [5, 5.41) is 9.35. The summed E-state index contributed by atoms with van der Waals surface area (Å²) < 4.78 is 17.3. The number of rotatable bonds is 3. The Kier molecular flexibility index (Phi) is 3.25. The predicted molar refractivity (Wildman–Crippen MR) is 73.2 cm³/mol. The minimum atomic E-state index is -1.14. The van der Waals surface area contributed by atoms with E-state index in [-0.39, 0.29) is 17.1 Å². The summed E-state index contributed by atoms with van der Waals surface area (Å²) in [7, 11) is 0. The van der Waals surface area contributed by atoms with Gasteiger partial charge >= 0.3 is 0 Å². The molecule has 3 saturated heterocycles. The summed E-state index contributed by atoms with van der Waals surface area (Å²) in [5.74, 6) is -0.921. The normalized spacial score (nSPS) is 35.8. The minimum Gasteiger partial charge on any atom is -0.508 e. The summed E-state index contributed by atoms with van der Waals surface area (Å²) in [6, 6.07) is 6.57. The number of phenolic OH excluding ortho intramolecular Hbond substituents is 1. The van der Waals surface area contributed by atoms with Crippen LogP contribution in [0.5, 0.6) is 5.75 Å². The van der Waals surface area contributed by atoms with E-state index in [2.05, 4.69) is 6.92 Å². The molecule has 5 heteroatoms. The van der Waals surface area contributed by atoms with Gasteiger partial charge in [0.05, 0.1) is 25.9 Å². The van der Waals surface area contributed by atoms with Crippen LogP contribution < -0.4 is 5.73 Å². The first-order chi connectivity index (χ1) is 9.44. The Morgan fingerprint density at radius 2 is 1.60 bits per heavy atom. The molecule has 2 atom stereocenters. The van der Waals surface area contributed by atoms with E-state index < -0.39 is 12.0 Å². The van der Waals surface area contributed by atoms with E-state index in [4.69, 9.17) is 19.9 Å². The maximum Gasteiger partial charge on any atom is 0.299 e. The van der Waals surface area contributed by atoms with E-state index in [1.807, 2.05) is 19.1 Å². The van der Waals surface area contributed by atoms with Crippen molar-refractivity contribution in [3.63, 3.8) is 0 Å². The van der Waals surface area contributed by atoms with Gasteiger partial charge in [0, 0.05) is 11.3 Å². The van der Waals surface area contributed by atoms with Crippen LogP contribution in [0.2, 0.25) is 0 Å². The van der Waals surface area contributed by atoms with Crippen molar-refractivity contribution in [2.75, 3.05) is 19.8 Å². The van der Waals surface area contributed by atoms with Crippen molar-refractivity contribution < 1.29 is 19.3 Å². The number of hydrogen-bond donors (Lipinski definition) is 2. The zero-order valence-electron chi connectivity index (χ0n) is 11.8. The van der Waals surface area contributed by atoms with Crippen LogP contribution in [0.1, 0.15) is 25.3 Å². The number of benzene rings is 1. The van der Waals surface area contributed by atoms with Gasteiger partial charge in [-0.1, -0.05) is 26.0 Å². The number of phenols is 1. The molecule has 4 rings (SSSR count). The molecule has 0 spiro atoms. The van der Waals surface area contributed by atoms with Crippen molar-refractivity contribution in [2.24, 2.45) is 11.1 Å². The third kappa shape index (κ3) is 2.20. The Hall–Kier alpha value is -1.14. The molecular weight excluding hydrogens is 258 g/mol. The first kappa shape index (κ1) is 13.8. The van der Waals surface area contributed by atoms with Crippen molar-refractivity contribution in [1.29, 1.82) is 0 Å². The van der Waals surface area contributed by atoms with E-state index in [0.29, 0.717) is 19.8 Å². The van der Waals surface area contributed by atoms with Crippen LogP contribution >= 0.6 is 0 Å². The Morgan fingerprint density at radius 3 is 2.10 bits per heavy atom. The number of hydrogen-bond acceptors (Lipinski definition) is 5. The second-order valence-electron chi connectivity index (χ2n) is 6.19. The average Bonchev–Trinajstić information content (AvgIpc) is 2.48. The fourth-order valence-corrected chi connectivity index (χ4v) is 2.65. The van der Waals surface area contributed by atoms with Crippen LogP contribution in [0, 0.1) is 5.41 Å². The summed E-state index contributed by atoms with van der Waals surface area (Å²) >= 11 is 0. The zero-order valence-corrected chi connectivity index (χ0v) is 11.8.